The molecule has 0 fully saturated rings. The first kappa shape index (κ1) is 27.8. The highest BCUT2D eigenvalue weighted by Crippen LogP contribution is 2.42. The fourth-order valence-corrected chi connectivity index (χ4v) is 4.88. The second kappa shape index (κ2) is 11.9. The lowest BCUT2D eigenvalue weighted by molar-refractivity contribution is -0.447. The average Bonchev–Trinajstić information content (AvgIpc) is 2.87. The first-order valence-corrected chi connectivity index (χ1v) is 13.5. The van der Waals surface area contributed by atoms with Crippen LogP contribution in [0.15, 0.2) is 68.6 Å². The molecule has 2 N–H and O–H groups in total. The number of rotatable bonds is 12. The van der Waals surface area contributed by atoms with Gasteiger partial charge in [-0.05, 0) is 29.7 Å². The highest BCUT2D eigenvalue weighted by Gasteiger charge is 2.21. The van der Waals surface area contributed by atoms with Crippen molar-refractivity contribution in [2.45, 2.75) is 9.79 Å². The van der Waals surface area contributed by atoms with Crippen LogP contribution in [-0.4, -0.2) is 49.1 Å². The van der Waals surface area contributed by atoms with Crippen LogP contribution in [-0.2, 0) is 42.9 Å². The molecule has 0 saturated heterocycles. The van der Waals surface area contributed by atoms with Crippen LogP contribution < -0.4 is 5.32 Å². The van der Waals surface area contributed by atoms with E-state index in [-0.39, 0.29) is 32.4 Å². The zero-order chi connectivity index (χ0) is 26.3. The number of nitrogens with zero attached hydrogens (tertiary/aromatic N) is 2. The Kier molecular flexibility index (Phi) is 9.20. The molecule has 13 nitrogen and oxygen atoms in total. The van der Waals surface area contributed by atoms with Crippen molar-refractivity contribution in [3.63, 3.8) is 0 Å². The molecule has 0 amide bonds. The monoisotopic (exact) mass is 559 g/mol. The maximum absolute atomic E-state index is 12.3. The summed E-state index contributed by atoms with van der Waals surface area (Å²) in [6.45, 7) is 0. The standard InChI is InChI=1S/C20H21N3O10S3/c1-29-32-33-34-12-21-16-9-8-13-10-14(35(25,26)30-2)11-17(24)19(13)20(16)23-22-15-6-4-5-7-18(15)36(27,28)31-3/h4-11,21,24H,12H2,1-3H3. The summed E-state index contributed by atoms with van der Waals surface area (Å²) in [7, 11) is -4.90. The highest BCUT2D eigenvalue weighted by molar-refractivity contribution is 7.94. The first-order valence-electron chi connectivity index (χ1n) is 9.79. The van der Waals surface area contributed by atoms with Gasteiger partial charge in [-0.1, -0.05) is 23.2 Å². The zero-order valence-electron chi connectivity index (χ0n) is 19.1. The van der Waals surface area contributed by atoms with Gasteiger partial charge in [0.1, 0.15) is 22.0 Å². The SMILES string of the molecule is COOOSCNc1ccc2cc(S(=O)(=O)OC)cc(O)c2c1N=Nc1ccccc1S(=O)(=O)OC. The van der Waals surface area contributed by atoms with Gasteiger partial charge in [0, 0.05) is 6.07 Å². The topological polar surface area (TPSA) is 171 Å². The number of phenolic OH excluding ortho intramolecular Hbond substituents is 1. The summed E-state index contributed by atoms with van der Waals surface area (Å²) in [5.41, 5.74) is 0.417. The molecule has 36 heavy (non-hydrogen) atoms. The van der Waals surface area contributed by atoms with Gasteiger partial charge in [-0.15, -0.1) is 14.6 Å². The van der Waals surface area contributed by atoms with Crippen LogP contribution in [0.2, 0.25) is 0 Å². The number of fused-ring (bicyclic) bond motifs is 1. The Hall–Kier alpha value is -2.83. The van der Waals surface area contributed by atoms with Gasteiger partial charge in [0.05, 0.1) is 55.2 Å². The summed E-state index contributed by atoms with van der Waals surface area (Å²) in [6.07, 6.45) is 0. The van der Waals surface area contributed by atoms with Gasteiger partial charge in [-0.25, -0.2) is 4.89 Å². The number of nitrogens with one attached hydrogen (secondary N) is 1. The third-order valence-electron chi connectivity index (χ3n) is 4.63. The number of anilines is 1. The number of aromatic hydroxyl groups is 1. The smallest absolute Gasteiger partial charge is 0.298 e. The van der Waals surface area contributed by atoms with E-state index in [4.69, 9.17) is 0 Å². The van der Waals surface area contributed by atoms with Crippen LogP contribution in [0.25, 0.3) is 10.8 Å². The van der Waals surface area contributed by atoms with Crippen LogP contribution >= 0.6 is 12.0 Å². The van der Waals surface area contributed by atoms with Crippen molar-refractivity contribution in [1.29, 1.82) is 0 Å². The van der Waals surface area contributed by atoms with Gasteiger partial charge in [0.15, 0.2) is 0 Å². The average molecular weight is 560 g/mol. The lowest BCUT2D eigenvalue weighted by atomic mass is 10.1. The molecule has 0 unspecified atom stereocenters. The van der Waals surface area contributed by atoms with Gasteiger partial charge in [0.25, 0.3) is 20.2 Å². The summed E-state index contributed by atoms with van der Waals surface area (Å²) in [5, 5.41) is 26.8. The van der Waals surface area contributed by atoms with Crippen molar-refractivity contribution in [3.8, 4) is 5.75 Å². The van der Waals surface area contributed by atoms with Gasteiger partial charge in [-0.2, -0.15) is 16.8 Å². The minimum absolute atomic E-state index is 0.0217. The number of azo groups is 1. The second-order valence-electron chi connectivity index (χ2n) is 6.65. The molecule has 194 valence electrons. The van der Waals surface area contributed by atoms with Gasteiger partial charge < -0.3 is 10.4 Å². The van der Waals surface area contributed by atoms with Crippen molar-refractivity contribution < 1.29 is 44.6 Å². The quantitative estimate of drug-likeness (QED) is 0.0618. The van der Waals surface area contributed by atoms with Gasteiger partial charge >= 0.3 is 0 Å². The van der Waals surface area contributed by atoms with E-state index in [0.717, 1.165) is 32.3 Å². The molecule has 0 aliphatic carbocycles. The second-order valence-corrected chi connectivity index (χ2v) is 10.7. The number of hydrogen-bond donors (Lipinski definition) is 2. The molecule has 0 aliphatic rings. The van der Waals surface area contributed by atoms with Gasteiger partial charge in [0.2, 0.25) is 0 Å². The van der Waals surface area contributed by atoms with E-state index >= 15 is 0 Å². The molecular formula is C20H21N3O10S3. The zero-order valence-corrected chi connectivity index (χ0v) is 21.5. The van der Waals surface area contributed by atoms with E-state index in [1.54, 1.807) is 18.2 Å². The summed E-state index contributed by atoms with van der Waals surface area (Å²) in [4.78, 5) is 3.83. The fraction of sp³-hybridized carbons (Fsp3) is 0.200. The van der Waals surface area contributed by atoms with Crippen molar-refractivity contribution in [2.75, 3.05) is 32.5 Å². The Morgan fingerprint density at radius 1 is 0.944 bits per heavy atom. The molecule has 0 heterocycles. The maximum atomic E-state index is 12.3. The Morgan fingerprint density at radius 2 is 1.67 bits per heavy atom. The normalized spacial score (nSPS) is 12.4. The number of phenols is 1. The maximum Gasteiger partial charge on any atom is 0.298 e. The Bertz CT molecular complexity index is 1480. The van der Waals surface area contributed by atoms with E-state index in [9.17, 15) is 21.9 Å². The van der Waals surface area contributed by atoms with E-state index in [1.807, 2.05) is 0 Å². The molecule has 16 heteroatoms. The van der Waals surface area contributed by atoms with Crippen LogP contribution in [0.1, 0.15) is 0 Å². The van der Waals surface area contributed by atoms with Crippen molar-refractivity contribution in [2.24, 2.45) is 10.2 Å². The molecule has 3 rings (SSSR count). The molecule has 0 atom stereocenters. The molecule has 0 radical (unpaired) electrons. The molecular weight excluding hydrogens is 538 g/mol. The lowest BCUT2D eigenvalue weighted by Crippen LogP contribution is -2.03. The van der Waals surface area contributed by atoms with E-state index in [0.29, 0.717) is 11.1 Å². The predicted molar refractivity (Wildman–Crippen MR) is 130 cm³/mol. The summed E-state index contributed by atoms with van der Waals surface area (Å²) < 4.78 is 62.6. The lowest BCUT2D eigenvalue weighted by Gasteiger charge is -2.13. The van der Waals surface area contributed by atoms with Crippen LogP contribution in [0.3, 0.4) is 0 Å². The molecule has 3 aromatic carbocycles. The van der Waals surface area contributed by atoms with Crippen molar-refractivity contribution in [1.82, 2.24) is 0 Å². The van der Waals surface area contributed by atoms with Crippen molar-refractivity contribution in [3.05, 3.63) is 48.5 Å². The molecule has 0 saturated carbocycles. The largest absolute Gasteiger partial charge is 0.507 e. The van der Waals surface area contributed by atoms with Crippen LogP contribution in [0.4, 0.5) is 17.1 Å². The highest BCUT2D eigenvalue weighted by atomic mass is 32.2. The third kappa shape index (κ3) is 6.29. The van der Waals surface area contributed by atoms with Crippen LogP contribution in [0.5, 0.6) is 5.75 Å². The molecule has 0 aliphatic heterocycles. The number of benzene rings is 3. The summed E-state index contributed by atoms with van der Waals surface area (Å²) in [5.74, 6) is -0.298. The molecule has 0 bridgehead atoms. The Morgan fingerprint density at radius 3 is 2.36 bits per heavy atom. The number of hydrogen-bond acceptors (Lipinski definition) is 14. The summed E-state index contributed by atoms with van der Waals surface area (Å²) in [6, 6.07) is 11.2. The first-order chi connectivity index (χ1) is 17.1. The van der Waals surface area contributed by atoms with Crippen LogP contribution in [0, 0.1) is 0 Å². The minimum Gasteiger partial charge on any atom is -0.507 e. The Balaban J connectivity index is 2.15. The van der Waals surface area contributed by atoms with Gasteiger partial charge in [-0.3, -0.25) is 8.37 Å². The van der Waals surface area contributed by atoms with E-state index in [2.05, 4.69) is 38.2 Å². The molecule has 3 aromatic rings. The minimum atomic E-state index is -4.09. The fourth-order valence-electron chi connectivity index (χ4n) is 3.01. The predicted octanol–water partition coefficient (Wildman–Crippen LogP) is 4.16. The van der Waals surface area contributed by atoms with Crippen molar-refractivity contribution >= 4 is 60.1 Å². The third-order valence-corrected chi connectivity index (χ3v) is 7.62. The van der Waals surface area contributed by atoms with E-state index < -0.39 is 26.0 Å². The Labute approximate surface area is 211 Å². The van der Waals surface area contributed by atoms with E-state index in [1.165, 1.54) is 31.4 Å². The molecule has 0 spiro atoms. The molecule has 0 aromatic heterocycles. The summed E-state index contributed by atoms with van der Waals surface area (Å²) >= 11 is 0.838.